The molecule has 0 bridgehead atoms. The molecule has 4 rings (SSSR count). The predicted octanol–water partition coefficient (Wildman–Crippen LogP) is 3.30. The zero-order valence-electron chi connectivity index (χ0n) is 16.9. The molecule has 2 aliphatic heterocycles. The van der Waals surface area contributed by atoms with Crippen molar-refractivity contribution in [2.24, 2.45) is 0 Å². The third-order valence-corrected chi connectivity index (χ3v) is 7.35. The summed E-state index contributed by atoms with van der Waals surface area (Å²) in [5, 5.41) is 2.91. The van der Waals surface area contributed by atoms with E-state index in [0.717, 1.165) is 41.6 Å². The van der Waals surface area contributed by atoms with Crippen LogP contribution in [0.15, 0.2) is 47.4 Å². The van der Waals surface area contributed by atoms with Crippen molar-refractivity contribution >= 4 is 21.7 Å². The van der Waals surface area contributed by atoms with Crippen LogP contribution < -0.4 is 9.62 Å². The molecular weight excluding hydrogens is 386 g/mol. The Bertz CT molecular complexity index is 1030. The quantitative estimate of drug-likeness (QED) is 0.839. The van der Waals surface area contributed by atoms with Gasteiger partial charge in [-0.25, -0.2) is 13.2 Å². The molecule has 2 aliphatic rings. The molecule has 1 N–H and O–H groups in total. The molecule has 6 nitrogen and oxygen atoms in total. The van der Waals surface area contributed by atoms with Gasteiger partial charge in [0.15, 0.2) is 0 Å². The summed E-state index contributed by atoms with van der Waals surface area (Å²) in [6.07, 6.45) is 2.43. The Hall–Kier alpha value is -2.54. The largest absolute Gasteiger partial charge is 0.336 e. The van der Waals surface area contributed by atoms with Crippen molar-refractivity contribution in [3.05, 3.63) is 59.2 Å². The number of nitrogens with one attached hydrogen (secondary N) is 1. The molecule has 0 saturated heterocycles. The molecule has 29 heavy (non-hydrogen) atoms. The highest BCUT2D eigenvalue weighted by atomic mass is 32.2. The predicted molar refractivity (Wildman–Crippen MR) is 114 cm³/mol. The van der Waals surface area contributed by atoms with Crippen LogP contribution in [0, 0.1) is 0 Å². The maximum atomic E-state index is 13.4. The van der Waals surface area contributed by atoms with E-state index in [2.05, 4.69) is 5.32 Å². The van der Waals surface area contributed by atoms with Gasteiger partial charge in [-0.15, -0.1) is 0 Å². The van der Waals surface area contributed by atoms with Crippen molar-refractivity contribution in [1.29, 1.82) is 0 Å². The van der Waals surface area contributed by atoms with E-state index in [9.17, 15) is 13.2 Å². The number of benzene rings is 2. The van der Waals surface area contributed by atoms with Gasteiger partial charge in [-0.3, -0.25) is 4.31 Å². The lowest BCUT2D eigenvalue weighted by Gasteiger charge is -2.32. The van der Waals surface area contributed by atoms with Gasteiger partial charge in [-0.1, -0.05) is 24.3 Å². The van der Waals surface area contributed by atoms with Crippen LogP contribution in [0.3, 0.4) is 0 Å². The third-order valence-electron chi connectivity index (χ3n) is 5.54. The fourth-order valence-electron chi connectivity index (χ4n) is 4.08. The average molecular weight is 414 g/mol. The van der Waals surface area contributed by atoms with E-state index < -0.39 is 10.0 Å². The minimum Gasteiger partial charge on any atom is -0.336 e. The summed E-state index contributed by atoms with van der Waals surface area (Å²) in [6, 6.07) is 13.0. The molecule has 0 fully saturated rings. The first-order valence-corrected chi connectivity index (χ1v) is 11.6. The molecule has 154 valence electrons. The number of carbonyl (C=O) groups is 1. The number of anilines is 1. The standard InChI is InChI=1S/C22H27N3O3S/c1-16(2)23-22(26)24-13-11-17-9-10-20(14-19(17)15-24)29(27,28)25-12-5-7-18-6-3-4-8-21(18)25/h3-4,6,8-10,14,16H,5,7,11-13,15H2,1-2H3,(H,23,26). The van der Waals surface area contributed by atoms with Crippen LogP contribution in [0.4, 0.5) is 10.5 Å². The Morgan fingerprint density at radius 1 is 1.00 bits per heavy atom. The molecule has 2 aromatic carbocycles. The van der Waals surface area contributed by atoms with Crippen molar-refractivity contribution in [3.8, 4) is 0 Å². The lowest BCUT2D eigenvalue weighted by atomic mass is 10.0. The molecule has 7 heteroatoms. The van der Waals surface area contributed by atoms with Gasteiger partial charge in [0, 0.05) is 25.7 Å². The van der Waals surface area contributed by atoms with Crippen LogP contribution >= 0.6 is 0 Å². The lowest BCUT2D eigenvalue weighted by Crippen LogP contribution is -2.45. The Morgan fingerprint density at radius 3 is 2.59 bits per heavy atom. The summed E-state index contributed by atoms with van der Waals surface area (Å²) in [4.78, 5) is 14.4. The van der Waals surface area contributed by atoms with Crippen molar-refractivity contribution in [3.63, 3.8) is 0 Å². The third kappa shape index (κ3) is 3.83. The number of fused-ring (bicyclic) bond motifs is 2. The van der Waals surface area contributed by atoms with Gasteiger partial charge in [-0.2, -0.15) is 0 Å². The molecular formula is C22H27N3O3S. The fourth-order valence-corrected chi connectivity index (χ4v) is 5.67. The van der Waals surface area contributed by atoms with Crippen molar-refractivity contribution in [1.82, 2.24) is 10.2 Å². The molecule has 0 aromatic heterocycles. The first-order chi connectivity index (χ1) is 13.9. The maximum absolute atomic E-state index is 13.4. The van der Waals surface area contributed by atoms with Crippen molar-refractivity contribution in [2.45, 2.75) is 50.6 Å². The molecule has 0 spiro atoms. The van der Waals surface area contributed by atoms with Crippen LogP contribution in [0.1, 0.15) is 37.0 Å². The van der Waals surface area contributed by atoms with Gasteiger partial charge in [0.05, 0.1) is 10.6 Å². The number of hydrogen-bond acceptors (Lipinski definition) is 3. The van der Waals surface area contributed by atoms with E-state index in [1.54, 1.807) is 17.0 Å². The zero-order valence-corrected chi connectivity index (χ0v) is 17.7. The van der Waals surface area contributed by atoms with Crippen LogP contribution in [-0.4, -0.2) is 38.5 Å². The zero-order chi connectivity index (χ0) is 20.6. The number of urea groups is 1. The fraction of sp³-hybridized carbons (Fsp3) is 0.409. The van der Waals surface area contributed by atoms with Gasteiger partial charge in [-0.05, 0) is 68.0 Å². The number of sulfonamides is 1. The molecule has 0 radical (unpaired) electrons. The minimum atomic E-state index is -3.65. The lowest BCUT2D eigenvalue weighted by molar-refractivity contribution is 0.190. The molecule has 2 heterocycles. The Kier molecular flexibility index (Phi) is 5.25. The SMILES string of the molecule is CC(C)NC(=O)N1CCc2ccc(S(=O)(=O)N3CCCc4ccccc43)cc2C1. The highest BCUT2D eigenvalue weighted by Crippen LogP contribution is 2.33. The van der Waals surface area contributed by atoms with E-state index in [1.165, 1.54) is 4.31 Å². The smallest absolute Gasteiger partial charge is 0.317 e. The molecule has 0 atom stereocenters. The van der Waals surface area contributed by atoms with Crippen molar-refractivity contribution in [2.75, 3.05) is 17.4 Å². The van der Waals surface area contributed by atoms with E-state index >= 15 is 0 Å². The Balaban J connectivity index is 1.63. The summed E-state index contributed by atoms with van der Waals surface area (Å²) in [5.41, 5.74) is 3.85. The van der Waals surface area contributed by atoms with Crippen LogP contribution in [-0.2, 0) is 29.4 Å². The number of aryl methyl sites for hydroxylation is 1. The monoisotopic (exact) mass is 413 g/mol. The van der Waals surface area contributed by atoms with E-state index in [0.29, 0.717) is 24.5 Å². The highest BCUT2D eigenvalue weighted by Gasteiger charge is 2.30. The number of amides is 2. The van der Waals surface area contributed by atoms with Gasteiger partial charge >= 0.3 is 6.03 Å². The average Bonchev–Trinajstić information content (AvgIpc) is 2.72. The molecule has 0 unspecified atom stereocenters. The molecule has 2 amide bonds. The van der Waals surface area contributed by atoms with E-state index in [1.807, 2.05) is 44.2 Å². The number of para-hydroxylation sites is 1. The second-order valence-corrected chi connectivity index (χ2v) is 9.88. The van der Waals surface area contributed by atoms with Gasteiger partial charge in [0.25, 0.3) is 10.0 Å². The van der Waals surface area contributed by atoms with E-state index in [-0.39, 0.29) is 12.1 Å². The summed E-state index contributed by atoms with van der Waals surface area (Å²) in [5.74, 6) is 0. The number of nitrogens with zero attached hydrogens (tertiary/aromatic N) is 2. The normalized spacial score (nSPS) is 16.4. The molecule has 0 aliphatic carbocycles. The summed E-state index contributed by atoms with van der Waals surface area (Å²) in [7, 11) is -3.65. The summed E-state index contributed by atoms with van der Waals surface area (Å²) >= 11 is 0. The molecule has 2 aromatic rings. The maximum Gasteiger partial charge on any atom is 0.317 e. The number of carbonyl (C=O) groups excluding carboxylic acids is 1. The van der Waals surface area contributed by atoms with Crippen LogP contribution in [0.5, 0.6) is 0 Å². The van der Waals surface area contributed by atoms with Crippen LogP contribution in [0.2, 0.25) is 0 Å². The van der Waals surface area contributed by atoms with Crippen LogP contribution in [0.25, 0.3) is 0 Å². The second-order valence-electron chi connectivity index (χ2n) is 8.02. The van der Waals surface area contributed by atoms with Gasteiger partial charge < -0.3 is 10.2 Å². The topological polar surface area (TPSA) is 69.7 Å². The number of hydrogen-bond donors (Lipinski definition) is 1. The summed E-state index contributed by atoms with van der Waals surface area (Å²) < 4.78 is 28.4. The highest BCUT2D eigenvalue weighted by molar-refractivity contribution is 7.92. The van der Waals surface area contributed by atoms with Crippen molar-refractivity contribution < 1.29 is 13.2 Å². The van der Waals surface area contributed by atoms with Gasteiger partial charge in [0.2, 0.25) is 0 Å². The first-order valence-electron chi connectivity index (χ1n) is 10.1. The van der Waals surface area contributed by atoms with E-state index in [4.69, 9.17) is 0 Å². The Labute approximate surface area is 172 Å². The number of rotatable bonds is 3. The summed E-state index contributed by atoms with van der Waals surface area (Å²) in [6.45, 7) is 5.40. The Morgan fingerprint density at radius 2 is 1.79 bits per heavy atom. The first kappa shape index (κ1) is 19.8. The molecule has 0 saturated carbocycles. The second kappa shape index (κ2) is 7.71. The van der Waals surface area contributed by atoms with Gasteiger partial charge in [0.1, 0.15) is 0 Å². The minimum absolute atomic E-state index is 0.0646.